The first-order valence-corrected chi connectivity index (χ1v) is 8.08. The summed E-state index contributed by atoms with van der Waals surface area (Å²) in [7, 11) is 0. The van der Waals surface area contributed by atoms with E-state index in [-0.39, 0.29) is 0 Å². The molecule has 4 bridgehead atoms. The Morgan fingerprint density at radius 3 is 2.00 bits per heavy atom. The Balaban J connectivity index is 1.52. The van der Waals surface area contributed by atoms with Crippen LogP contribution in [0.15, 0.2) is 0 Å². The average molecular weight is 247 g/mol. The third-order valence-corrected chi connectivity index (χ3v) is 6.13. The van der Waals surface area contributed by atoms with Gasteiger partial charge >= 0.3 is 0 Å². The highest BCUT2D eigenvalue weighted by atomic mass is 16.1. The lowest BCUT2D eigenvalue weighted by molar-refractivity contribution is -0.125. The Morgan fingerprint density at radius 2 is 1.39 bits per heavy atom. The lowest BCUT2D eigenvalue weighted by Crippen LogP contribution is -2.52. The van der Waals surface area contributed by atoms with Crippen molar-refractivity contribution < 1.29 is 4.79 Å². The molecule has 2 saturated heterocycles. The van der Waals surface area contributed by atoms with Crippen molar-refractivity contribution in [1.82, 2.24) is 4.90 Å². The Bertz CT molecular complexity index is 325. The topological polar surface area (TPSA) is 20.3 Å². The zero-order chi connectivity index (χ0) is 12.1. The molecule has 100 valence electrons. The third kappa shape index (κ3) is 1.84. The Hall–Kier alpha value is -0.370. The lowest BCUT2D eigenvalue weighted by Gasteiger charge is -2.47. The second-order valence-corrected chi connectivity index (χ2v) is 7.30. The van der Waals surface area contributed by atoms with E-state index in [0.717, 1.165) is 30.7 Å². The molecular formula is C16H25NO. The van der Waals surface area contributed by atoms with Crippen LogP contribution in [0, 0.1) is 11.8 Å². The Labute approximate surface area is 110 Å². The summed E-state index contributed by atoms with van der Waals surface area (Å²) in [5.41, 5.74) is 0. The van der Waals surface area contributed by atoms with Crippen molar-refractivity contribution >= 4 is 5.78 Å². The summed E-state index contributed by atoms with van der Waals surface area (Å²) in [6.45, 7) is 0. The summed E-state index contributed by atoms with van der Waals surface area (Å²) in [6.07, 6.45) is 13.2. The van der Waals surface area contributed by atoms with Crippen molar-refractivity contribution in [3.05, 3.63) is 0 Å². The van der Waals surface area contributed by atoms with Gasteiger partial charge in [-0.3, -0.25) is 9.69 Å². The van der Waals surface area contributed by atoms with Crippen molar-refractivity contribution in [2.75, 3.05) is 0 Å². The summed E-state index contributed by atoms with van der Waals surface area (Å²) in [5, 5.41) is 0. The molecule has 4 rings (SSSR count). The summed E-state index contributed by atoms with van der Waals surface area (Å²) in [6, 6.07) is 2.08. The molecule has 18 heavy (non-hydrogen) atoms. The van der Waals surface area contributed by atoms with Crippen LogP contribution in [-0.2, 0) is 4.79 Å². The Morgan fingerprint density at radius 1 is 0.778 bits per heavy atom. The van der Waals surface area contributed by atoms with E-state index in [0.29, 0.717) is 17.9 Å². The Kier molecular flexibility index (Phi) is 2.76. The number of Topliss-reactive ketones (excluding diaryl/α,β-unsaturated/α-hetero) is 1. The van der Waals surface area contributed by atoms with Gasteiger partial charge in [0.15, 0.2) is 0 Å². The van der Waals surface area contributed by atoms with Gasteiger partial charge in [-0.05, 0) is 43.9 Å². The fraction of sp³-hybridized carbons (Fsp3) is 0.938. The van der Waals surface area contributed by atoms with E-state index in [1.54, 1.807) is 0 Å². The molecule has 2 heterocycles. The first-order chi connectivity index (χ1) is 8.79. The van der Waals surface area contributed by atoms with Gasteiger partial charge in [0.1, 0.15) is 5.78 Å². The minimum Gasteiger partial charge on any atom is -0.300 e. The molecule has 0 aromatic heterocycles. The molecule has 0 amide bonds. The fourth-order valence-electron chi connectivity index (χ4n) is 5.54. The second kappa shape index (κ2) is 4.33. The normalized spacial score (nSPS) is 48.4. The van der Waals surface area contributed by atoms with Gasteiger partial charge in [-0.2, -0.15) is 0 Å². The first-order valence-electron chi connectivity index (χ1n) is 8.08. The van der Waals surface area contributed by atoms with E-state index < -0.39 is 0 Å². The van der Waals surface area contributed by atoms with E-state index in [9.17, 15) is 4.79 Å². The van der Waals surface area contributed by atoms with Crippen LogP contribution < -0.4 is 0 Å². The van der Waals surface area contributed by atoms with Gasteiger partial charge in [0.05, 0.1) is 0 Å². The number of nitrogens with zero attached hydrogens (tertiary/aromatic N) is 1. The van der Waals surface area contributed by atoms with Crippen molar-refractivity contribution in [3.8, 4) is 0 Å². The van der Waals surface area contributed by atoms with Crippen LogP contribution in [0.4, 0.5) is 0 Å². The molecule has 2 nitrogen and oxygen atoms in total. The van der Waals surface area contributed by atoms with E-state index in [1.165, 1.54) is 51.4 Å². The highest BCUT2D eigenvalue weighted by molar-refractivity contribution is 5.81. The van der Waals surface area contributed by atoms with Gasteiger partial charge in [0.2, 0.25) is 0 Å². The van der Waals surface area contributed by atoms with Crippen LogP contribution in [-0.4, -0.2) is 28.8 Å². The number of piperidine rings is 1. The molecule has 0 aromatic rings. The number of fused-ring (bicyclic) bond motifs is 4. The highest BCUT2D eigenvalue weighted by Crippen LogP contribution is 2.45. The van der Waals surface area contributed by atoms with Crippen LogP contribution in [0.3, 0.4) is 0 Å². The number of carbonyl (C=O) groups excluding carboxylic acids is 1. The highest BCUT2D eigenvalue weighted by Gasteiger charge is 2.45. The number of hydrogen-bond donors (Lipinski definition) is 0. The summed E-state index contributed by atoms with van der Waals surface area (Å²) >= 11 is 0. The van der Waals surface area contributed by atoms with Gasteiger partial charge < -0.3 is 0 Å². The van der Waals surface area contributed by atoms with Crippen LogP contribution in [0.1, 0.15) is 64.2 Å². The van der Waals surface area contributed by atoms with Gasteiger partial charge in [-0.25, -0.2) is 0 Å². The van der Waals surface area contributed by atoms with Crippen molar-refractivity contribution in [2.24, 2.45) is 11.8 Å². The van der Waals surface area contributed by atoms with Gasteiger partial charge in [-0.15, -0.1) is 0 Å². The van der Waals surface area contributed by atoms with Crippen molar-refractivity contribution in [2.45, 2.75) is 82.3 Å². The molecule has 2 unspecified atom stereocenters. The quantitative estimate of drug-likeness (QED) is 0.709. The van der Waals surface area contributed by atoms with Gasteiger partial charge in [-0.1, -0.05) is 19.3 Å². The smallest absolute Gasteiger partial charge is 0.136 e. The van der Waals surface area contributed by atoms with E-state index >= 15 is 0 Å². The zero-order valence-corrected chi connectivity index (χ0v) is 11.3. The van der Waals surface area contributed by atoms with E-state index in [4.69, 9.17) is 0 Å². The molecule has 5 atom stereocenters. The minimum atomic E-state index is 0.537. The van der Waals surface area contributed by atoms with Crippen LogP contribution >= 0.6 is 0 Å². The van der Waals surface area contributed by atoms with Crippen molar-refractivity contribution in [3.63, 3.8) is 0 Å². The molecule has 2 heteroatoms. The molecule has 2 aliphatic heterocycles. The maximum Gasteiger partial charge on any atom is 0.136 e. The molecule has 0 aromatic carbocycles. The van der Waals surface area contributed by atoms with E-state index in [1.807, 2.05) is 0 Å². The zero-order valence-electron chi connectivity index (χ0n) is 11.3. The van der Waals surface area contributed by atoms with Gasteiger partial charge in [0.25, 0.3) is 0 Å². The molecule has 0 radical (unpaired) electrons. The third-order valence-electron chi connectivity index (χ3n) is 6.13. The number of hydrogen-bond acceptors (Lipinski definition) is 2. The maximum atomic E-state index is 11.7. The molecule has 4 aliphatic rings. The summed E-state index contributed by atoms with van der Waals surface area (Å²) < 4.78 is 0. The predicted molar refractivity (Wildman–Crippen MR) is 71.4 cm³/mol. The molecule has 0 N–H and O–H groups in total. The SMILES string of the molecule is O=C1CC2CCC(C1)N2[C@H]1C[C@@H]2CCC[C@@H](C2)C1. The fourth-order valence-corrected chi connectivity index (χ4v) is 5.54. The number of rotatable bonds is 1. The minimum absolute atomic E-state index is 0.537. The molecule has 4 fully saturated rings. The van der Waals surface area contributed by atoms with E-state index in [2.05, 4.69) is 4.90 Å². The van der Waals surface area contributed by atoms with Crippen LogP contribution in [0.2, 0.25) is 0 Å². The molecule has 0 spiro atoms. The summed E-state index contributed by atoms with van der Waals surface area (Å²) in [4.78, 5) is 14.5. The predicted octanol–water partition coefficient (Wildman–Crippen LogP) is 3.15. The van der Waals surface area contributed by atoms with Crippen LogP contribution in [0.25, 0.3) is 0 Å². The first kappa shape index (κ1) is 11.5. The lowest BCUT2D eigenvalue weighted by atomic mass is 9.69. The average Bonchev–Trinajstić information content (AvgIpc) is 2.61. The monoisotopic (exact) mass is 247 g/mol. The molecule has 2 aliphatic carbocycles. The molecular weight excluding hydrogens is 222 g/mol. The maximum absolute atomic E-state index is 11.7. The second-order valence-electron chi connectivity index (χ2n) is 7.30. The number of carbonyl (C=O) groups is 1. The summed E-state index contributed by atoms with van der Waals surface area (Å²) in [5.74, 6) is 2.56. The molecule has 2 saturated carbocycles. The van der Waals surface area contributed by atoms with Crippen LogP contribution in [0.5, 0.6) is 0 Å². The standard InChI is InChI=1S/C16H25NO/c18-16-9-13-4-5-14(10-16)17(13)15-7-11-2-1-3-12(6-11)8-15/h11-15H,1-10H2/t11-,12+,13?,14?,15+. The van der Waals surface area contributed by atoms with Crippen molar-refractivity contribution in [1.29, 1.82) is 0 Å². The number of ketones is 1. The van der Waals surface area contributed by atoms with Gasteiger partial charge in [0, 0.05) is 31.0 Å². The largest absolute Gasteiger partial charge is 0.300 e.